The zero-order valence-corrected chi connectivity index (χ0v) is 16.8. The van der Waals surface area contributed by atoms with Crippen LogP contribution in [-0.4, -0.2) is 46.5 Å². The molecule has 6 nitrogen and oxygen atoms in total. The van der Waals surface area contributed by atoms with Crippen molar-refractivity contribution in [3.63, 3.8) is 0 Å². The van der Waals surface area contributed by atoms with Crippen molar-refractivity contribution in [2.24, 2.45) is 0 Å². The van der Waals surface area contributed by atoms with E-state index in [0.717, 1.165) is 12.0 Å². The molecule has 0 aliphatic heterocycles. The van der Waals surface area contributed by atoms with E-state index in [4.69, 9.17) is 4.74 Å². The molecule has 0 aliphatic rings. The lowest BCUT2D eigenvalue weighted by Gasteiger charge is -2.18. The largest absolute Gasteiger partial charge is 0.383 e. The molecule has 146 valence electrons. The molecule has 1 amide bonds. The third-order valence-electron chi connectivity index (χ3n) is 4.19. The quantitative estimate of drug-likeness (QED) is 0.668. The van der Waals surface area contributed by atoms with Crippen LogP contribution in [0.1, 0.15) is 28.4 Å². The van der Waals surface area contributed by atoms with Crippen LogP contribution >= 0.6 is 0 Å². The summed E-state index contributed by atoms with van der Waals surface area (Å²) in [5.74, 6) is -0.233. The molecule has 0 aliphatic carbocycles. The highest BCUT2D eigenvalue weighted by Gasteiger charge is 2.18. The normalized spacial score (nSPS) is 11.4. The van der Waals surface area contributed by atoms with Gasteiger partial charge in [0, 0.05) is 32.8 Å². The number of carbonyl (C=O) groups is 1. The number of hydrogen-bond acceptors (Lipinski definition) is 4. The molecule has 0 spiro atoms. The number of sulfonamides is 1. The molecule has 7 heteroatoms. The number of benzene rings is 2. The van der Waals surface area contributed by atoms with Gasteiger partial charge in [0.2, 0.25) is 10.0 Å². The first-order valence-corrected chi connectivity index (χ1v) is 10.3. The maximum absolute atomic E-state index is 12.7. The second-order valence-corrected chi connectivity index (χ2v) is 8.02. The molecule has 27 heavy (non-hydrogen) atoms. The van der Waals surface area contributed by atoms with Gasteiger partial charge in [0.25, 0.3) is 5.91 Å². The van der Waals surface area contributed by atoms with Gasteiger partial charge in [0.05, 0.1) is 11.5 Å². The Morgan fingerprint density at radius 1 is 1.11 bits per heavy atom. The summed E-state index contributed by atoms with van der Waals surface area (Å²) in [5, 5.41) is 0. The second-order valence-electron chi connectivity index (χ2n) is 6.25. The molecule has 0 fully saturated rings. The molecule has 0 heterocycles. The minimum absolute atomic E-state index is 0.0603. The Morgan fingerprint density at radius 3 is 2.41 bits per heavy atom. The number of aryl methyl sites for hydroxylation is 1. The van der Waals surface area contributed by atoms with Crippen LogP contribution in [0.15, 0.2) is 53.4 Å². The molecule has 2 aromatic rings. The van der Waals surface area contributed by atoms with Gasteiger partial charge < -0.3 is 9.64 Å². The van der Waals surface area contributed by atoms with Gasteiger partial charge in [-0.3, -0.25) is 4.79 Å². The van der Waals surface area contributed by atoms with Gasteiger partial charge in [-0.2, -0.15) is 0 Å². The van der Waals surface area contributed by atoms with E-state index in [1.807, 2.05) is 24.3 Å². The predicted molar refractivity (Wildman–Crippen MR) is 105 cm³/mol. The topological polar surface area (TPSA) is 75.7 Å². The summed E-state index contributed by atoms with van der Waals surface area (Å²) in [6.45, 7) is 2.99. The fourth-order valence-electron chi connectivity index (χ4n) is 2.60. The van der Waals surface area contributed by atoms with Crippen LogP contribution in [0.4, 0.5) is 0 Å². The molecule has 0 atom stereocenters. The van der Waals surface area contributed by atoms with Crippen LogP contribution in [-0.2, 0) is 27.7 Å². The summed E-state index contributed by atoms with van der Waals surface area (Å²) in [7, 11) is -0.480. The van der Waals surface area contributed by atoms with Crippen molar-refractivity contribution in [1.29, 1.82) is 0 Å². The third-order valence-corrected chi connectivity index (χ3v) is 5.65. The molecule has 0 aromatic heterocycles. The smallest absolute Gasteiger partial charge is 0.253 e. The van der Waals surface area contributed by atoms with Crippen LogP contribution in [0.5, 0.6) is 0 Å². The molecule has 0 saturated carbocycles. The molecule has 2 rings (SSSR count). The van der Waals surface area contributed by atoms with Crippen LogP contribution in [0, 0.1) is 0 Å². The average molecular weight is 391 g/mol. The van der Waals surface area contributed by atoms with E-state index in [1.54, 1.807) is 24.1 Å². The summed E-state index contributed by atoms with van der Waals surface area (Å²) in [5.41, 5.74) is 2.59. The molecule has 0 bridgehead atoms. The highest BCUT2D eigenvalue weighted by molar-refractivity contribution is 7.89. The van der Waals surface area contributed by atoms with Gasteiger partial charge in [-0.1, -0.05) is 37.3 Å². The summed E-state index contributed by atoms with van der Waals surface area (Å²) in [6, 6.07) is 14.2. The molecular formula is C20H26N2O4S. The van der Waals surface area contributed by atoms with Crippen molar-refractivity contribution >= 4 is 15.9 Å². The van der Waals surface area contributed by atoms with Gasteiger partial charge >= 0.3 is 0 Å². The van der Waals surface area contributed by atoms with Gasteiger partial charge in [0.15, 0.2) is 0 Å². The zero-order valence-electron chi connectivity index (χ0n) is 15.9. The van der Waals surface area contributed by atoms with Crippen molar-refractivity contribution in [2.45, 2.75) is 24.8 Å². The van der Waals surface area contributed by atoms with Crippen molar-refractivity contribution in [3.05, 3.63) is 65.2 Å². The summed E-state index contributed by atoms with van der Waals surface area (Å²) in [4.78, 5) is 14.3. The van der Waals surface area contributed by atoms with Gasteiger partial charge in [-0.25, -0.2) is 13.1 Å². The Bertz CT molecular complexity index is 864. The minimum atomic E-state index is -3.68. The lowest BCUT2D eigenvalue weighted by atomic mass is 10.1. The van der Waals surface area contributed by atoms with Gasteiger partial charge in [0.1, 0.15) is 0 Å². The second kappa shape index (κ2) is 9.64. The van der Waals surface area contributed by atoms with E-state index < -0.39 is 10.0 Å². The molecule has 0 unspecified atom stereocenters. The number of methoxy groups -OCH3 is 1. The van der Waals surface area contributed by atoms with Crippen molar-refractivity contribution in [2.75, 3.05) is 27.3 Å². The van der Waals surface area contributed by atoms with Gasteiger partial charge in [-0.05, 0) is 35.7 Å². The number of amides is 1. The van der Waals surface area contributed by atoms with E-state index in [1.165, 1.54) is 24.8 Å². The maximum atomic E-state index is 12.7. The lowest BCUT2D eigenvalue weighted by molar-refractivity contribution is 0.0785. The zero-order chi connectivity index (χ0) is 19.9. The highest BCUT2D eigenvalue weighted by atomic mass is 32.2. The number of hydrogen-bond donors (Lipinski definition) is 1. The first-order chi connectivity index (χ1) is 12.9. The van der Waals surface area contributed by atoms with Crippen molar-refractivity contribution < 1.29 is 17.9 Å². The van der Waals surface area contributed by atoms with E-state index in [-0.39, 0.29) is 24.0 Å². The number of nitrogens with one attached hydrogen (secondary N) is 1. The Kier molecular flexibility index (Phi) is 7.53. The van der Waals surface area contributed by atoms with Crippen LogP contribution in [0.25, 0.3) is 0 Å². The number of rotatable bonds is 9. The first-order valence-electron chi connectivity index (χ1n) is 8.79. The first kappa shape index (κ1) is 21.1. The molecule has 2 aromatic carbocycles. The summed E-state index contributed by atoms with van der Waals surface area (Å²) in [6.07, 6.45) is 0.967. The third kappa shape index (κ3) is 5.89. The number of nitrogens with zero attached hydrogens (tertiary/aromatic N) is 1. The van der Waals surface area contributed by atoms with E-state index in [9.17, 15) is 13.2 Å². The maximum Gasteiger partial charge on any atom is 0.253 e. The number of ether oxygens (including phenoxy) is 1. The SMILES string of the molecule is CCc1ccc(CN(C)C(=O)c2cccc(S(=O)(=O)NCCOC)c2)cc1. The average Bonchev–Trinajstić information content (AvgIpc) is 2.68. The van der Waals surface area contributed by atoms with E-state index >= 15 is 0 Å². The molecular weight excluding hydrogens is 364 g/mol. The van der Waals surface area contributed by atoms with Crippen molar-refractivity contribution in [3.8, 4) is 0 Å². The Morgan fingerprint density at radius 2 is 1.78 bits per heavy atom. The summed E-state index contributed by atoms with van der Waals surface area (Å²) < 4.78 is 31.9. The fourth-order valence-corrected chi connectivity index (χ4v) is 3.66. The van der Waals surface area contributed by atoms with E-state index in [2.05, 4.69) is 11.6 Å². The molecule has 0 radical (unpaired) electrons. The standard InChI is InChI=1S/C20H26N2O4S/c1-4-16-8-10-17(11-9-16)15-22(2)20(23)18-6-5-7-19(14-18)27(24,25)21-12-13-26-3/h5-11,14,21H,4,12-13,15H2,1-3H3. The van der Waals surface area contributed by atoms with Crippen LogP contribution < -0.4 is 4.72 Å². The Labute approximate surface area is 161 Å². The highest BCUT2D eigenvalue weighted by Crippen LogP contribution is 2.15. The van der Waals surface area contributed by atoms with Gasteiger partial charge in [-0.15, -0.1) is 0 Å². The molecule has 1 N–H and O–H groups in total. The minimum Gasteiger partial charge on any atom is -0.383 e. The Balaban J connectivity index is 2.11. The van der Waals surface area contributed by atoms with Crippen molar-refractivity contribution in [1.82, 2.24) is 9.62 Å². The summed E-state index contributed by atoms with van der Waals surface area (Å²) >= 11 is 0. The monoisotopic (exact) mass is 390 g/mol. The molecule has 0 saturated heterocycles. The van der Waals surface area contributed by atoms with Crippen LogP contribution in [0.3, 0.4) is 0 Å². The Hall–Kier alpha value is -2.22. The van der Waals surface area contributed by atoms with E-state index in [0.29, 0.717) is 12.1 Å². The fraction of sp³-hybridized carbons (Fsp3) is 0.350. The number of carbonyl (C=O) groups excluding carboxylic acids is 1. The lowest BCUT2D eigenvalue weighted by Crippen LogP contribution is -2.28. The van der Waals surface area contributed by atoms with Crippen LogP contribution in [0.2, 0.25) is 0 Å². The predicted octanol–water partition coefficient (Wildman–Crippen LogP) is 2.45.